The first-order valence-corrected chi connectivity index (χ1v) is 12.9. The van der Waals surface area contributed by atoms with Crippen LogP contribution in [0.4, 0.5) is 0 Å². The molecule has 0 aromatic rings. The van der Waals surface area contributed by atoms with Crippen molar-refractivity contribution in [3.8, 4) is 0 Å². The summed E-state index contributed by atoms with van der Waals surface area (Å²) in [6.45, 7) is 16.5. The molecule has 0 aliphatic carbocycles. The number of rotatable bonds is 15. The van der Waals surface area contributed by atoms with Crippen LogP contribution in [-0.2, 0) is 28.7 Å². The Morgan fingerprint density at radius 1 is 0.667 bits per heavy atom. The van der Waals surface area contributed by atoms with Crippen molar-refractivity contribution in [1.82, 2.24) is 21.3 Å². The summed E-state index contributed by atoms with van der Waals surface area (Å²) in [5.41, 5.74) is -0.872. The van der Waals surface area contributed by atoms with Crippen LogP contribution in [0.25, 0.3) is 0 Å². The van der Waals surface area contributed by atoms with E-state index >= 15 is 0 Å². The molecular formula is C26H46N4O6. The van der Waals surface area contributed by atoms with Crippen molar-refractivity contribution in [3.63, 3.8) is 0 Å². The fraction of sp³-hybridized carbons (Fsp3) is 0.808. The summed E-state index contributed by atoms with van der Waals surface area (Å²) in [7, 11) is 0. The van der Waals surface area contributed by atoms with Crippen molar-refractivity contribution in [1.29, 1.82) is 0 Å². The Balaban J connectivity index is 2.90. The molecule has 1 heterocycles. The lowest BCUT2D eigenvalue weighted by Crippen LogP contribution is -2.57. The lowest BCUT2D eigenvalue weighted by molar-refractivity contribution is -0.135. The molecule has 1 saturated heterocycles. The second-order valence-corrected chi connectivity index (χ2v) is 11.4. The minimum atomic E-state index is -0.935. The van der Waals surface area contributed by atoms with Gasteiger partial charge >= 0.3 is 0 Å². The SMILES string of the molecule is CC(=O)NC(CC(C)C)C(=O)NC(C)C(=O)NC(CC(C)C)C(=O)NC(CC(C)C)C(=O)C1(C)CO1. The number of carbonyl (C=O) groups excluding carboxylic acids is 5. The van der Waals surface area contributed by atoms with E-state index in [1.54, 1.807) is 6.92 Å². The van der Waals surface area contributed by atoms with E-state index in [1.165, 1.54) is 13.8 Å². The molecule has 1 rings (SSSR count). The maximum absolute atomic E-state index is 13.2. The van der Waals surface area contributed by atoms with Gasteiger partial charge in [0.2, 0.25) is 23.6 Å². The number of Topliss-reactive ketones (excluding diaryl/α,β-unsaturated/α-hetero) is 1. The Kier molecular flexibility index (Phi) is 12.0. The minimum absolute atomic E-state index is 0.0877. The first-order valence-electron chi connectivity index (χ1n) is 12.9. The van der Waals surface area contributed by atoms with Crippen molar-refractivity contribution in [2.75, 3.05) is 6.61 Å². The van der Waals surface area contributed by atoms with E-state index in [0.717, 1.165) is 0 Å². The molecule has 0 saturated carbocycles. The zero-order valence-corrected chi connectivity index (χ0v) is 23.3. The van der Waals surface area contributed by atoms with Crippen LogP contribution in [-0.4, -0.2) is 65.8 Å². The van der Waals surface area contributed by atoms with Gasteiger partial charge in [0.15, 0.2) is 5.78 Å². The molecule has 1 aliphatic heterocycles. The monoisotopic (exact) mass is 510 g/mol. The number of epoxide rings is 1. The number of hydrogen-bond acceptors (Lipinski definition) is 6. The zero-order chi connectivity index (χ0) is 27.8. The molecule has 5 atom stereocenters. The van der Waals surface area contributed by atoms with Crippen LogP contribution < -0.4 is 21.3 Å². The van der Waals surface area contributed by atoms with Gasteiger partial charge in [0.25, 0.3) is 0 Å². The first kappa shape index (κ1) is 31.5. The van der Waals surface area contributed by atoms with Gasteiger partial charge in [-0.15, -0.1) is 0 Å². The Morgan fingerprint density at radius 3 is 1.47 bits per heavy atom. The molecule has 10 nitrogen and oxygen atoms in total. The highest BCUT2D eigenvalue weighted by Crippen LogP contribution is 2.29. The Labute approximate surface area is 215 Å². The fourth-order valence-electron chi connectivity index (χ4n) is 3.92. The van der Waals surface area contributed by atoms with Crippen LogP contribution in [0.2, 0.25) is 0 Å². The zero-order valence-electron chi connectivity index (χ0n) is 23.3. The number of hydrogen-bond donors (Lipinski definition) is 4. The van der Waals surface area contributed by atoms with Crippen molar-refractivity contribution in [2.24, 2.45) is 17.8 Å². The highest BCUT2D eigenvalue weighted by Gasteiger charge is 2.50. The summed E-state index contributed by atoms with van der Waals surface area (Å²) >= 11 is 0. The van der Waals surface area contributed by atoms with Crippen LogP contribution >= 0.6 is 0 Å². The fourth-order valence-corrected chi connectivity index (χ4v) is 3.92. The predicted molar refractivity (Wildman–Crippen MR) is 137 cm³/mol. The number of carbonyl (C=O) groups is 5. The van der Waals surface area contributed by atoms with Crippen molar-refractivity contribution < 1.29 is 28.7 Å². The molecule has 4 amide bonds. The molecule has 0 aromatic carbocycles. The average molecular weight is 511 g/mol. The van der Waals surface area contributed by atoms with E-state index < -0.39 is 47.5 Å². The van der Waals surface area contributed by atoms with Gasteiger partial charge in [0.05, 0.1) is 12.6 Å². The molecule has 1 aliphatic rings. The second-order valence-electron chi connectivity index (χ2n) is 11.4. The van der Waals surface area contributed by atoms with Crippen LogP contribution in [0.1, 0.15) is 81.6 Å². The van der Waals surface area contributed by atoms with Gasteiger partial charge in [-0.25, -0.2) is 0 Å². The van der Waals surface area contributed by atoms with Gasteiger partial charge in [0.1, 0.15) is 23.7 Å². The maximum Gasteiger partial charge on any atom is 0.243 e. The summed E-state index contributed by atoms with van der Waals surface area (Å²) in [6, 6.07) is -3.30. The molecule has 5 unspecified atom stereocenters. The van der Waals surface area contributed by atoms with Gasteiger partial charge in [0, 0.05) is 6.92 Å². The molecular weight excluding hydrogens is 464 g/mol. The largest absolute Gasteiger partial charge is 0.361 e. The van der Waals surface area contributed by atoms with Gasteiger partial charge in [-0.3, -0.25) is 24.0 Å². The summed E-state index contributed by atoms with van der Waals surface area (Å²) < 4.78 is 5.29. The Hall–Kier alpha value is -2.49. The molecule has 10 heteroatoms. The van der Waals surface area contributed by atoms with Gasteiger partial charge in [-0.1, -0.05) is 41.5 Å². The lowest BCUT2D eigenvalue weighted by Gasteiger charge is -2.27. The summed E-state index contributed by atoms with van der Waals surface area (Å²) in [5, 5.41) is 10.8. The number of nitrogens with one attached hydrogen (secondary N) is 4. The van der Waals surface area contributed by atoms with Crippen LogP contribution in [0.5, 0.6) is 0 Å². The predicted octanol–water partition coefficient (Wildman–Crippen LogP) is 1.46. The van der Waals surface area contributed by atoms with Gasteiger partial charge in [-0.05, 0) is 50.9 Å². The third-order valence-corrected chi connectivity index (χ3v) is 5.93. The molecule has 0 bridgehead atoms. The average Bonchev–Trinajstić information content (AvgIpc) is 3.48. The van der Waals surface area contributed by atoms with E-state index in [9.17, 15) is 24.0 Å². The Morgan fingerprint density at radius 2 is 1.06 bits per heavy atom. The molecule has 0 radical (unpaired) electrons. The van der Waals surface area contributed by atoms with E-state index in [4.69, 9.17) is 4.74 Å². The Bertz CT molecular complexity index is 806. The van der Waals surface area contributed by atoms with E-state index in [1.807, 2.05) is 41.5 Å². The highest BCUT2D eigenvalue weighted by molar-refractivity contribution is 5.98. The van der Waals surface area contributed by atoms with E-state index in [2.05, 4.69) is 21.3 Å². The van der Waals surface area contributed by atoms with Crippen LogP contribution in [0, 0.1) is 17.8 Å². The number of amides is 4. The van der Waals surface area contributed by atoms with Crippen LogP contribution in [0.15, 0.2) is 0 Å². The third kappa shape index (κ3) is 10.6. The van der Waals surface area contributed by atoms with Crippen molar-refractivity contribution in [2.45, 2.75) is 111 Å². The van der Waals surface area contributed by atoms with Gasteiger partial charge < -0.3 is 26.0 Å². The number of ether oxygens (including phenoxy) is 1. The van der Waals surface area contributed by atoms with E-state index in [0.29, 0.717) is 25.9 Å². The molecule has 36 heavy (non-hydrogen) atoms. The summed E-state index contributed by atoms with van der Waals surface area (Å²) in [4.78, 5) is 63.3. The van der Waals surface area contributed by atoms with Crippen LogP contribution in [0.3, 0.4) is 0 Å². The molecule has 0 spiro atoms. The molecule has 1 fully saturated rings. The quantitative estimate of drug-likeness (QED) is 0.245. The normalized spacial score (nSPS) is 20.3. The van der Waals surface area contributed by atoms with Gasteiger partial charge in [-0.2, -0.15) is 0 Å². The standard InChI is InChI=1S/C26H46N4O6/c1-14(2)10-19(22(32)26(9)13-36-26)29-25(35)21(12-16(5)6)30-23(33)17(7)27-24(34)20(11-15(3)4)28-18(8)31/h14-17,19-21H,10-13H2,1-9H3,(H,27,34)(H,28,31)(H,29,35)(H,30,33). The molecule has 0 aromatic heterocycles. The van der Waals surface area contributed by atoms with E-state index in [-0.39, 0.29) is 29.4 Å². The number of ketones is 1. The molecule has 206 valence electrons. The topological polar surface area (TPSA) is 146 Å². The third-order valence-electron chi connectivity index (χ3n) is 5.93. The lowest BCUT2D eigenvalue weighted by atomic mass is 9.92. The second kappa shape index (κ2) is 13.7. The molecule has 4 N–H and O–H groups in total. The maximum atomic E-state index is 13.2. The summed E-state index contributed by atoms with van der Waals surface area (Å²) in [6.07, 6.45) is 1.24. The highest BCUT2D eigenvalue weighted by atomic mass is 16.6. The smallest absolute Gasteiger partial charge is 0.243 e. The van der Waals surface area contributed by atoms with Crippen molar-refractivity contribution in [3.05, 3.63) is 0 Å². The minimum Gasteiger partial charge on any atom is -0.361 e. The summed E-state index contributed by atoms with van der Waals surface area (Å²) in [5.74, 6) is -1.55. The first-order chi connectivity index (χ1) is 16.6. The van der Waals surface area contributed by atoms with Crippen molar-refractivity contribution >= 4 is 29.4 Å².